The molecule has 0 radical (unpaired) electrons. The molecule has 1 N–H and O–H groups in total. The van der Waals surface area contributed by atoms with E-state index in [2.05, 4.69) is 26.2 Å². The zero-order chi connectivity index (χ0) is 14.3. The van der Waals surface area contributed by atoms with Crippen molar-refractivity contribution in [2.75, 3.05) is 0 Å². The Morgan fingerprint density at radius 2 is 2.00 bits per heavy atom. The van der Waals surface area contributed by atoms with Crippen molar-refractivity contribution in [3.63, 3.8) is 0 Å². The summed E-state index contributed by atoms with van der Waals surface area (Å²) >= 11 is 2.96. The Hall–Kier alpha value is -2.28. The van der Waals surface area contributed by atoms with Crippen molar-refractivity contribution < 1.29 is 14.3 Å². The Balaban J connectivity index is 2.25. The zero-order valence-electron chi connectivity index (χ0n) is 9.92. The van der Waals surface area contributed by atoms with Crippen molar-refractivity contribution in [2.24, 2.45) is 0 Å². The molecule has 1 heterocycles. The molecule has 3 rings (SSSR count). The Kier molecular flexibility index (Phi) is 2.98. The van der Waals surface area contributed by atoms with Crippen LogP contribution in [0.15, 0.2) is 40.9 Å². The molecule has 5 nitrogen and oxygen atoms in total. The van der Waals surface area contributed by atoms with Crippen LogP contribution in [-0.2, 0) is 0 Å². The summed E-state index contributed by atoms with van der Waals surface area (Å²) in [6.45, 7) is 0. The van der Waals surface area contributed by atoms with Gasteiger partial charge in [-0.3, -0.25) is 0 Å². The van der Waals surface area contributed by atoms with E-state index in [1.165, 1.54) is 16.8 Å². The van der Waals surface area contributed by atoms with Gasteiger partial charge in [0.15, 0.2) is 5.82 Å². The van der Waals surface area contributed by atoms with Crippen molar-refractivity contribution >= 4 is 32.9 Å². The number of hydrogen-bond donors (Lipinski definition) is 1. The van der Waals surface area contributed by atoms with Crippen LogP contribution in [0.3, 0.4) is 0 Å². The van der Waals surface area contributed by atoms with E-state index in [1.54, 1.807) is 24.3 Å². The average molecular weight is 336 g/mol. The minimum Gasteiger partial charge on any atom is -0.478 e. The first kappa shape index (κ1) is 12.7. The molecule has 0 saturated heterocycles. The van der Waals surface area contributed by atoms with E-state index < -0.39 is 11.8 Å². The third-order valence-corrected chi connectivity index (χ3v) is 3.65. The molecule has 3 aromatic rings. The first-order valence-electron chi connectivity index (χ1n) is 5.61. The monoisotopic (exact) mass is 335 g/mol. The fraction of sp³-hybridized carbons (Fsp3) is 0. The van der Waals surface area contributed by atoms with Crippen LogP contribution in [0.2, 0.25) is 0 Å². The van der Waals surface area contributed by atoms with Crippen LogP contribution in [0.25, 0.3) is 16.7 Å². The predicted molar refractivity (Wildman–Crippen MR) is 73.5 cm³/mol. The number of aromatic nitrogens is 3. The number of carboxylic acid groups (broad SMARTS) is 1. The zero-order valence-corrected chi connectivity index (χ0v) is 11.5. The summed E-state index contributed by atoms with van der Waals surface area (Å²) in [4.78, 5) is 11.0. The molecule has 0 aliphatic rings. The highest BCUT2D eigenvalue weighted by molar-refractivity contribution is 9.10. The van der Waals surface area contributed by atoms with Gasteiger partial charge in [-0.2, -0.15) is 0 Å². The molecule has 0 fully saturated rings. The van der Waals surface area contributed by atoms with Gasteiger partial charge < -0.3 is 5.11 Å². The largest absolute Gasteiger partial charge is 0.478 e. The Labute approximate surface area is 120 Å². The fourth-order valence-electron chi connectivity index (χ4n) is 1.91. The average Bonchev–Trinajstić information content (AvgIpc) is 2.85. The van der Waals surface area contributed by atoms with E-state index in [0.717, 1.165) is 0 Å². The maximum absolute atomic E-state index is 14.3. The highest BCUT2D eigenvalue weighted by Gasteiger charge is 2.18. The third-order valence-electron chi connectivity index (χ3n) is 2.87. The smallest absolute Gasteiger partial charge is 0.336 e. The van der Waals surface area contributed by atoms with E-state index in [-0.39, 0.29) is 15.7 Å². The molecule has 0 amide bonds. The topological polar surface area (TPSA) is 68.0 Å². The highest BCUT2D eigenvalue weighted by Crippen LogP contribution is 2.27. The molecular formula is C13H7BrFN3O2. The van der Waals surface area contributed by atoms with Crippen LogP contribution in [0.4, 0.5) is 4.39 Å². The Morgan fingerprint density at radius 3 is 2.75 bits per heavy atom. The highest BCUT2D eigenvalue weighted by atomic mass is 79.9. The third kappa shape index (κ3) is 1.87. The lowest BCUT2D eigenvalue weighted by atomic mass is 10.2. The number of rotatable bonds is 2. The normalized spacial score (nSPS) is 10.9. The van der Waals surface area contributed by atoms with Gasteiger partial charge in [-0.15, -0.1) is 5.10 Å². The summed E-state index contributed by atoms with van der Waals surface area (Å²) in [5.41, 5.74) is 1.26. The van der Waals surface area contributed by atoms with Gasteiger partial charge in [-0.25, -0.2) is 13.9 Å². The first-order chi connectivity index (χ1) is 9.59. The molecule has 1 aromatic heterocycles. The van der Waals surface area contributed by atoms with Gasteiger partial charge in [-0.1, -0.05) is 17.3 Å². The molecular weight excluding hydrogens is 329 g/mol. The van der Waals surface area contributed by atoms with Crippen LogP contribution in [0.5, 0.6) is 0 Å². The van der Waals surface area contributed by atoms with Gasteiger partial charge in [0.05, 0.1) is 15.6 Å². The molecule has 0 atom stereocenters. The first-order valence-corrected chi connectivity index (χ1v) is 6.41. The van der Waals surface area contributed by atoms with Crippen LogP contribution in [-0.4, -0.2) is 26.1 Å². The molecule has 2 aromatic carbocycles. The van der Waals surface area contributed by atoms with E-state index in [9.17, 15) is 9.18 Å². The minimum atomic E-state index is -1.20. The summed E-state index contributed by atoms with van der Waals surface area (Å²) in [5, 5.41) is 16.8. The van der Waals surface area contributed by atoms with Crippen molar-refractivity contribution in [1.29, 1.82) is 0 Å². The number of aromatic carboxylic acids is 1. The molecule has 0 aliphatic carbocycles. The summed E-state index contributed by atoms with van der Waals surface area (Å²) in [5.74, 6) is -1.90. The number of benzene rings is 2. The van der Waals surface area contributed by atoms with Crippen molar-refractivity contribution in [2.45, 2.75) is 0 Å². The molecule has 0 aliphatic heterocycles. The lowest BCUT2D eigenvalue weighted by molar-refractivity contribution is 0.0695. The van der Waals surface area contributed by atoms with E-state index >= 15 is 0 Å². The van der Waals surface area contributed by atoms with Crippen LogP contribution in [0, 0.1) is 5.82 Å². The number of para-hydroxylation sites is 1. The van der Waals surface area contributed by atoms with E-state index in [1.807, 2.05) is 0 Å². The van der Waals surface area contributed by atoms with Gasteiger partial charge >= 0.3 is 5.97 Å². The van der Waals surface area contributed by atoms with Crippen LogP contribution < -0.4 is 0 Å². The molecule has 7 heteroatoms. The molecule has 20 heavy (non-hydrogen) atoms. The molecule has 0 saturated carbocycles. The van der Waals surface area contributed by atoms with Gasteiger partial charge in [0.2, 0.25) is 0 Å². The summed E-state index contributed by atoms with van der Waals surface area (Å²) in [7, 11) is 0. The minimum absolute atomic E-state index is 0.109. The summed E-state index contributed by atoms with van der Waals surface area (Å²) in [6.07, 6.45) is 0. The van der Waals surface area contributed by atoms with Gasteiger partial charge in [0.1, 0.15) is 11.2 Å². The second-order valence-corrected chi connectivity index (χ2v) is 4.85. The maximum atomic E-state index is 14.3. The number of halogens is 2. The second-order valence-electron chi connectivity index (χ2n) is 4.06. The quantitative estimate of drug-likeness (QED) is 0.781. The predicted octanol–water partition coefficient (Wildman–Crippen LogP) is 3.02. The number of carboxylic acids is 1. The Morgan fingerprint density at radius 1 is 1.25 bits per heavy atom. The van der Waals surface area contributed by atoms with Crippen LogP contribution in [0.1, 0.15) is 10.4 Å². The maximum Gasteiger partial charge on any atom is 0.336 e. The SMILES string of the molecule is O=C(O)c1ccc(-n2nnc3ccccc32)c(F)c1Br. The molecule has 0 unspecified atom stereocenters. The van der Waals surface area contributed by atoms with Gasteiger partial charge in [0.25, 0.3) is 0 Å². The van der Waals surface area contributed by atoms with Crippen molar-refractivity contribution in [3.8, 4) is 5.69 Å². The number of nitrogens with zero attached hydrogens (tertiary/aromatic N) is 3. The van der Waals surface area contributed by atoms with Crippen molar-refractivity contribution in [1.82, 2.24) is 15.0 Å². The summed E-state index contributed by atoms with van der Waals surface area (Å²) in [6, 6.07) is 9.80. The van der Waals surface area contributed by atoms with E-state index in [0.29, 0.717) is 11.0 Å². The molecule has 0 bridgehead atoms. The van der Waals surface area contributed by atoms with Crippen LogP contribution >= 0.6 is 15.9 Å². The lowest BCUT2D eigenvalue weighted by Crippen LogP contribution is -2.05. The lowest BCUT2D eigenvalue weighted by Gasteiger charge is -2.07. The standard InChI is InChI=1S/C13H7BrFN3O2/c14-11-7(13(19)20)5-6-10(12(11)15)18-9-4-2-1-3-8(9)16-17-18/h1-6H,(H,19,20). The van der Waals surface area contributed by atoms with E-state index in [4.69, 9.17) is 5.11 Å². The van der Waals surface area contributed by atoms with Gasteiger partial charge in [-0.05, 0) is 40.2 Å². The molecule has 0 spiro atoms. The fourth-order valence-corrected chi connectivity index (χ4v) is 2.42. The Bertz CT molecular complexity index is 832. The number of fused-ring (bicyclic) bond motifs is 1. The van der Waals surface area contributed by atoms with Gasteiger partial charge in [0, 0.05) is 0 Å². The second kappa shape index (κ2) is 4.68. The number of hydrogen-bond acceptors (Lipinski definition) is 3. The number of carbonyl (C=O) groups is 1. The van der Waals surface area contributed by atoms with Crippen molar-refractivity contribution in [3.05, 3.63) is 52.3 Å². The molecule has 100 valence electrons. The summed E-state index contributed by atoms with van der Waals surface area (Å²) < 4.78 is 15.5.